The smallest absolute Gasteiger partial charge is 0.268 e. The molecule has 0 bridgehead atoms. The van der Waals surface area contributed by atoms with E-state index in [-0.39, 0.29) is 23.3 Å². The predicted molar refractivity (Wildman–Crippen MR) is 155 cm³/mol. The van der Waals surface area contributed by atoms with E-state index in [0.29, 0.717) is 47.6 Å². The second-order valence-electron chi connectivity index (χ2n) is 11.3. The van der Waals surface area contributed by atoms with Crippen LogP contribution in [0.5, 0.6) is 11.5 Å². The van der Waals surface area contributed by atoms with Crippen molar-refractivity contribution in [3.05, 3.63) is 66.0 Å². The van der Waals surface area contributed by atoms with Crippen molar-refractivity contribution in [1.82, 2.24) is 9.71 Å². The SMILES string of the molecule is COc1ccc(S(=O)(=O)NC(=O)c2ccc(-c3cc(F)cc(OCC(C)C)c3)nc2N2C[C@@H](C)CC2(C)C)cc1.[HH]. The number of ether oxygens (including phenoxy) is 2. The van der Waals surface area contributed by atoms with Crippen LogP contribution >= 0.6 is 0 Å². The number of amides is 1. The fraction of sp³-hybridized carbons (Fsp3) is 0.400. The molecule has 1 aromatic heterocycles. The Hall–Kier alpha value is -3.66. The van der Waals surface area contributed by atoms with Crippen LogP contribution in [0.25, 0.3) is 11.3 Å². The number of carbonyl (C=O) groups excluding carboxylic acids is 1. The zero-order valence-corrected chi connectivity index (χ0v) is 24.5. The van der Waals surface area contributed by atoms with E-state index in [0.717, 1.165) is 6.42 Å². The van der Waals surface area contributed by atoms with E-state index >= 15 is 0 Å². The zero-order chi connectivity index (χ0) is 29.2. The molecule has 4 rings (SSSR count). The molecular weight excluding hydrogens is 533 g/mol. The summed E-state index contributed by atoms with van der Waals surface area (Å²) in [5.74, 6) is 0.528. The molecule has 216 valence electrons. The predicted octanol–water partition coefficient (Wildman–Crippen LogP) is 5.92. The van der Waals surface area contributed by atoms with E-state index in [9.17, 15) is 17.6 Å². The minimum absolute atomic E-state index is 0. The maximum absolute atomic E-state index is 14.6. The van der Waals surface area contributed by atoms with E-state index in [1.165, 1.54) is 49.6 Å². The van der Waals surface area contributed by atoms with Crippen molar-refractivity contribution in [2.45, 2.75) is 51.5 Å². The molecule has 1 aliphatic heterocycles. The Balaban J connectivity index is 0.00000462. The Kier molecular flexibility index (Phi) is 8.39. The molecule has 1 atom stereocenters. The number of rotatable bonds is 9. The fourth-order valence-electron chi connectivity index (χ4n) is 5.00. The lowest BCUT2D eigenvalue weighted by molar-refractivity contribution is 0.0981. The quantitative estimate of drug-likeness (QED) is 0.340. The number of nitrogens with one attached hydrogen (secondary N) is 1. The van der Waals surface area contributed by atoms with Gasteiger partial charge in [0.1, 0.15) is 23.1 Å². The molecule has 1 saturated heterocycles. The molecular formula is C30H38FN3O5S. The molecule has 8 nitrogen and oxygen atoms in total. The number of anilines is 1. The molecule has 0 radical (unpaired) electrons. The molecule has 3 aromatic rings. The third-order valence-electron chi connectivity index (χ3n) is 6.80. The summed E-state index contributed by atoms with van der Waals surface area (Å²) in [7, 11) is -2.69. The number of benzene rings is 2. The number of halogens is 1. The van der Waals surface area contributed by atoms with Crippen LogP contribution < -0.4 is 19.1 Å². The maximum atomic E-state index is 14.6. The van der Waals surface area contributed by atoms with Crippen LogP contribution in [0.1, 0.15) is 52.8 Å². The summed E-state index contributed by atoms with van der Waals surface area (Å²) in [4.78, 5) is 20.2. The third kappa shape index (κ3) is 6.55. The van der Waals surface area contributed by atoms with E-state index in [4.69, 9.17) is 14.5 Å². The molecule has 1 N–H and O–H groups in total. The normalized spacial score (nSPS) is 16.7. The molecule has 0 unspecified atom stereocenters. The first kappa shape index (κ1) is 29.3. The number of hydrogen-bond donors (Lipinski definition) is 1. The molecule has 0 aliphatic carbocycles. The molecule has 1 amide bonds. The summed E-state index contributed by atoms with van der Waals surface area (Å²) in [5, 5.41) is 0. The van der Waals surface area contributed by atoms with Gasteiger partial charge in [-0.15, -0.1) is 0 Å². The molecule has 1 aliphatic rings. The van der Waals surface area contributed by atoms with Gasteiger partial charge in [-0.25, -0.2) is 22.5 Å². The Bertz CT molecular complexity index is 1500. The van der Waals surface area contributed by atoms with Gasteiger partial charge >= 0.3 is 0 Å². The van der Waals surface area contributed by atoms with Crippen molar-refractivity contribution >= 4 is 21.7 Å². The first-order valence-corrected chi connectivity index (χ1v) is 14.7. The number of methoxy groups -OCH3 is 1. The van der Waals surface area contributed by atoms with Gasteiger partial charge in [-0.3, -0.25) is 4.79 Å². The van der Waals surface area contributed by atoms with Gasteiger partial charge in [0.2, 0.25) is 0 Å². The van der Waals surface area contributed by atoms with Crippen LogP contribution in [0.15, 0.2) is 59.5 Å². The topological polar surface area (TPSA) is 97.8 Å². The van der Waals surface area contributed by atoms with Crippen molar-refractivity contribution in [3.63, 3.8) is 0 Å². The highest BCUT2D eigenvalue weighted by atomic mass is 32.2. The van der Waals surface area contributed by atoms with Crippen molar-refractivity contribution in [1.29, 1.82) is 0 Å². The highest BCUT2D eigenvalue weighted by Gasteiger charge is 2.39. The summed E-state index contributed by atoms with van der Waals surface area (Å²) < 4.78 is 53.7. The van der Waals surface area contributed by atoms with Gasteiger partial charge in [-0.1, -0.05) is 20.8 Å². The second kappa shape index (κ2) is 11.4. The number of sulfonamides is 1. The minimum atomic E-state index is -4.17. The minimum Gasteiger partial charge on any atom is -0.497 e. The molecule has 10 heteroatoms. The second-order valence-corrected chi connectivity index (χ2v) is 13.0. The highest BCUT2D eigenvalue weighted by molar-refractivity contribution is 7.90. The Morgan fingerprint density at radius 3 is 2.45 bits per heavy atom. The van der Waals surface area contributed by atoms with Crippen molar-refractivity contribution in [3.8, 4) is 22.8 Å². The van der Waals surface area contributed by atoms with Crippen LogP contribution in [-0.4, -0.2) is 45.1 Å². The van der Waals surface area contributed by atoms with Crippen LogP contribution in [0.4, 0.5) is 10.2 Å². The van der Waals surface area contributed by atoms with Crippen LogP contribution in [0.3, 0.4) is 0 Å². The number of hydrogen-bond acceptors (Lipinski definition) is 7. The van der Waals surface area contributed by atoms with Gasteiger partial charge in [-0.2, -0.15) is 0 Å². The van der Waals surface area contributed by atoms with Gasteiger partial charge in [0, 0.05) is 25.1 Å². The van der Waals surface area contributed by atoms with Crippen LogP contribution in [0.2, 0.25) is 0 Å². The Morgan fingerprint density at radius 2 is 1.85 bits per heavy atom. The average Bonchev–Trinajstić information content (AvgIpc) is 3.17. The fourth-order valence-corrected chi connectivity index (χ4v) is 5.97. The van der Waals surface area contributed by atoms with Crippen molar-refractivity contribution in [2.75, 3.05) is 25.2 Å². The monoisotopic (exact) mass is 571 g/mol. The third-order valence-corrected chi connectivity index (χ3v) is 8.14. The van der Waals surface area contributed by atoms with E-state index in [1.807, 2.05) is 18.7 Å². The number of carbonyl (C=O) groups is 1. The average molecular weight is 572 g/mol. The van der Waals surface area contributed by atoms with Crippen molar-refractivity contribution < 1.29 is 28.5 Å². The summed E-state index contributed by atoms with van der Waals surface area (Å²) in [6, 6.07) is 13.3. The zero-order valence-electron chi connectivity index (χ0n) is 23.7. The van der Waals surface area contributed by atoms with E-state index in [2.05, 4.69) is 25.5 Å². The molecule has 2 heterocycles. The summed E-state index contributed by atoms with van der Waals surface area (Å²) >= 11 is 0. The molecule has 1 fully saturated rings. The van der Waals surface area contributed by atoms with E-state index in [1.54, 1.807) is 12.1 Å². The maximum Gasteiger partial charge on any atom is 0.268 e. The standard InChI is InChI=1S/C30H36FN3O5S.H2/c1-19(2)18-39-24-14-21(13-22(31)15-24)27-12-11-26(28(32-27)34-17-20(3)16-30(34,4)5)29(35)33-40(36,37)25-9-7-23(38-6)8-10-25;/h7-15,19-20H,16-18H2,1-6H3,(H,33,35);1H/t20-;/m0./s1. The molecule has 40 heavy (non-hydrogen) atoms. The first-order valence-electron chi connectivity index (χ1n) is 13.2. The lowest BCUT2D eigenvalue weighted by Gasteiger charge is -2.34. The van der Waals surface area contributed by atoms with Crippen LogP contribution in [0, 0.1) is 17.7 Å². The van der Waals surface area contributed by atoms with Crippen molar-refractivity contribution in [2.24, 2.45) is 11.8 Å². The summed E-state index contributed by atoms with van der Waals surface area (Å²) in [6.07, 6.45) is 0.858. The van der Waals surface area contributed by atoms with Gasteiger partial charge in [0.25, 0.3) is 15.9 Å². The molecule has 0 saturated carbocycles. The lowest BCUT2D eigenvalue weighted by Crippen LogP contribution is -2.41. The van der Waals surface area contributed by atoms with Gasteiger partial charge in [0.05, 0.1) is 29.9 Å². The summed E-state index contributed by atoms with van der Waals surface area (Å²) in [6.45, 7) is 11.3. The summed E-state index contributed by atoms with van der Waals surface area (Å²) in [5.41, 5.74) is 0.690. The van der Waals surface area contributed by atoms with E-state index < -0.39 is 21.7 Å². The largest absolute Gasteiger partial charge is 0.497 e. The highest BCUT2D eigenvalue weighted by Crippen LogP contribution is 2.38. The first-order chi connectivity index (χ1) is 18.8. The van der Waals surface area contributed by atoms with Gasteiger partial charge < -0.3 is 14.4 Å². The number of aromatic nitrogens is 1. The Labute approximate surface area is 237 Å². The lowest BCUT2D eigenvalue weighted by atomic mass is 9.97. The van der Waals surface area contributed by atoms with Gasteiger partial charge in [-0.05, 0) is 80.6 Å². The Morgan fingerprint density at radius 1 is 1.15 bits per heavy atom. The molecule has 2 aromatic carbocycles. The van der Waals surface area contributed by atoms with Gasteiger partial charge in [0.15, 0.2) is 0 Å². The molecule has 0 spiro atoms. The van der Waals surface area contributed by atoms with Crippen LogP contribution in [-0.2, 0) is 10.0 Å². The number of nitrogens with zero attached hydrogens (tertiary/aromatic N) is 2. The number of pyridine rings is 1.